The fourth-order valence-corrected chi connectivity index (χ4v) is 3.14. The van der Waals surface area contributed by atoms with E-state index in [1.165, 1.54) is 0 Å². The number of benzene rings is 2. The summed E-state index contributed by atoms with van der Waals surface area (Å²) in [6.45, 7) is 2.69. The fraction of sp³-hybridized carbons (Fsp3) is 0.238. The van der Waals surface area contributed by atoms with Gasteiger partial charge in [-0.3, -0.25) is 4.99 Å². The number of nitrogens with zero attached hydrogens (tertiary/aromatic N) is 1. The summed E-state index contributed by atoms with van der Waals surface area (Å²) in [4.78, 5) is 16.6. The van der Waals surface area contributed by atoms with Crippen molar-refractivity contribution in [2.75, 3.05) is 13.2 Å². The van der Waals surface area contributed by atoms with E-state index in [4.69, 9.17) is 32.7 Å². The van der Waals surface area contributed by atoms with Crippen molar-refractivity contribution >= 4 is 40.8 Å². The third kappa shape index (κ3) is 4.71. The summed E-state index contributed by atoms with van der Waals surface area (Å²) in [7, 11) is 0. The molecular formula is C21H19Cl2NO3. The van der Waals surface area contributed by atoms with E-state index in [9.17, 15) is 4.79 Å². The van der Waals surface area contributed by atoms with Crippen LogP contribution in [0.1, 0.15) is 36.5 Å². The molecule has 2 aromatic carbocycles. The van der Waals surface area contributed by atoms with Crippen molar-refractivity contribution in [3.63, 3.8) is 0 Å². The quantitative estimate of drug-likeness (QED) is 0.444. The highest BCUT2D eigenvalue weighted by Crippen LogP contribution is 2.30. The largest absolute Gasteiger partial charge is 0.513 e. The molecule has 0 atom stereocenters. The minimum Gasteiger partial charge on any atom is -0.434 e. The Labute approximate surface area is 168 Å². The predicted molar refractivity (Wildman–Crippen MR) is 109 cm³/mol. The van der Waals surface area contributed by atoms with Gasteiger partial charge in [-0.15, -0.1) is 0 Å². The molecule has 140 valence electrons. The molecule has 0 bridgehead atoms. The maximum Gasteiger partial charge on any atom is 0.513 e. The van der Waals surface area contributed by atoms with E-state index in [1.807, 2.05) is 31.2 Å². The van der Waals surface area contributed by atoms with Crippen molar-refractivity contribution in [1.82, 2.24) is 0 Å². The molecule has 4 nitrogen and oxygen atoms in total. The van der Waals surface area contributed by atoms with Gasteiger partial charge in [0.15, 0.2) is 0 Å². The van der Waals surface area contributed by atoms with E-state index >= 15 is 0 Å². The van der Waals surface area contributed by atoms with Crippen LogP contribution in [0.3, 0.4) is 0 Å². The Balaban J connectivity index is 1.94. The van der Waals surface area contributed by atoms with Crippen LogP contribution in [-0.4, -0.2) is 25.0 Å². The first-order chi connectivity index (χ1) is 13.1. The zero-order chi connectivity index (χ0) is 19.2. The first kappa shape index (κ1) is 19.5. The average molecular weight is 404 g/mol. The van der Waals surface area contributed by atoms with Crippen LogP contribution in [0.5, 0.6) is 0 Å². The van der Waals surface area contributed by atoms with Gasteiger partial charge >= 0.3 is 6.16 Å². The molecule has 27 heavy (non-hydrogen) atoms. The van der Waals surface area contributed by atoms with Gasteiger partial charge in [-0.05, 0) is 36.8 Å². The summed E-state index contributed by atoms with van der Waals surface area (Å²) in [6.07, 6.45) is 2.75. The summed E-state index contributed by atoms with van der Waals surface area (Å²) >= 11 is 12.6. The molecule has 0 fully saturated rings. The van der Waals surface area contributed by atoms with Crippen LogP contribution in [0, 0.1) is 0 Å². The molecule has 0 aliphatic carbocycles. The van der Waals surface area contributed by atoms with Gasteiger partial charge < -0.3 is 9.47 Å². The molecule has 3 rings (SSSR count). The summed E-state index contributed by atoms with van der Waals surface area (Å²) < 4.78 is 10.6. The zero-order valence-electron chi connectivity index (χ0n) is 14.9. The lowest BCUT2D eigenvalue weighted by atomic mass is 9.97. The first-order valence-corrected chi connectivity index (χ1v) is 9.50. The Bertz CT molecular complexity index is 906. The van der Waals surface area contributed by atoms with Gasteiger partial charge in [-0.1, -0.05) is 54.7 Å². The van der Waals surface area contributed by atoms with Crippen molar-refractivity contribution in [1.29, 1.82) is 0 Å². The van der Waals surface area contributed by atoms with Crippen molar-refractivity contribution in [3.05, 3.63) is 75.3 Å². The molecule has 0 saturated carbocycles. The summed E-state index contributed by atoms with van der Waals surface area (Å²) in [6, 6.07) is 12.8. The molecule has 0 saturated heterocycles. The van der Waals surface area contributed by atoms with Crippen molar-refractivity contribution in [2.45, 2.75) is 19.8 Å². The van der Waals surface area contributed by atoms with Gasteiger partial charge in [-0.2, -0.15) is 0 Å². The lowest BCUT2D eigenvalue weighted by Gasteiger charge is -2.14. The molecule has 1 aliphatic rings. The van der Waals surface area contributed by atoms with Gasteiger partial charge in [0, 0.05) is 26.7 Å². The first-order valence-electron chi connectivity index (χ1n) is 8.74. The summed E-state index contributed by atoms with van der Waals surface area (Å²) in [5.41, 5.74) is 2.96. The SMILES string of the molecule is CCCCOC(=O)OC1=CCN=C(c2ccccc2Cl)c2cc(Cl)ccc21. The predicted octanol–water partition coefficient (Wildman–Crippen LogP) is 6.14. The second-order valence-corrected chi connectivity index (χ2v) is 6.83. The number of unbranched alkanes of at least 4 members (excludes halogenated alkanes) is 1. The van der Waals surface area contributed by atoms with Crippen LogP contribution >= 0.6 is 23.2 Å². The van der Waals surface area contributed by atoms with Crippen LogP contribution in [-0.2, 0) is 9.47 Å². The average Bonchev–Trinajstić information content (AvgIpc) is 2.82. The normalized spacial score (nSPS) is 13.1. The smallest absolute Gasteiger partial charge is 0.434 e. The third-order valence-corrected chi connectivity index (χ3v) is 4.63. The molecule has 0 N–H and O–H groups in total. The van der Waals surface area contributed by atoms with Crippen LogP contribution in [0.4, 0.5) is 4.79 Å². The number of fused-ring (bicyclic) bond motifs is 1. The molecular weight excluding hydrogens is 385 g/mol. The van der Waals surface area contributed by atoms with E-state index in [0.717, 1.165) is 24.0 Å². The lowest BCUT2D eigenvalue weighted by molar-refractivity contribution is 0.0892. The molecule has 0 amide bonds. The molecule has 1 heterocycles. The zero-order valence-corrected chi connectivity index (χ0v) is 16.4. The highest BCUT2D eigenvalue weighted by Gasteiger charge is 2.22. The number of carbonyl (C=O) groups is 1. The lowest BCUT2D eigenvalue weighted by Crippen LogP contribution is -2.10. The second kappa shape index (κ2) is 9.07. The van der Waals surface area contributed by atoms with Crippen LogP contribution in [0.2, 0.25) is 10.0 Å². The fourth-order valence-electron chi connectivity index (χ4n) is 2.74. The molecule has 6 heteroatoms. The van der Waals surface area contributed by atoms with E-state index in [0.29, 0.717) is 40.2 Å². The Kier molecular flexibility index (Phi) is 6.54. The standard InChI is InChI=1S/C21H19Cl2NO3/c1-2-3-12-26-21(25)27-19-10-11-24-20(16-6-4-5-7-18(16)23)17-13-14(22)8-9-15(17)19/h4-10,13H,2-3,11-12H2,1H3. The van der Waals surface area contributed by atoms with Gasteiger partial charge in [0.1, 0.15) is 5.76 Å². The van der Waals surface area contributed by atoms with Gasteiger partial charge in [0.25, 0.3) is 0 Å². The number of rotatable bonds is 5. The van der Waals surface area contributed by atoms with Crippen molar-refractivity contribution < 1.29 is 14.3 Å². The Morgan fingerprint density at radius 1 is 1.11 bits per heavy atom. The molecule has 0 unspecified atom stereocenters. The molecule has 0 aromatic heterocycles. The molecule has 0 spiro atoms. The topological polar surface area (TPSA) is 47.9 Å². The minimum atomic E-state index is -0.725. The van der Waals surface area contributed by atoms with Gasteiger partial charge in [0.2, 0.25) is 0 Å². The number of hydrogen-bond acceptors (Lipinski definition) is 4. The van der Waals surface area contributed by atoms with E-state index in [1.54, 1.807) is 24.3 Å². The van der Waals surface area contributed by atoms with Gasteiger partial charge in [-0.25, -0.2) is 4.79 Å². The summed E-state index contributed by atoms with van der Waals surface area (Å²) in [5, 5.41) is 1.14. The molecule has 0 radical (unpaired) electrons. The number of halogens is 2. The maximum absolute atomic E-state index is 12.0. The van der Waals surface area contributed by atoms with Crippen LogP contribution < -0.4 is 0 Å². The highest BCUT2D eigenvalue weighted by molar-refractivity contribution is 6.36. The minimum absolute atomic E-state index is 0.331. The second-order valence-electron chi connectivity index (χ2n) is 5.98. The van der Waals surface area contributed by atoms with E-state index in [2.05, 4.69) is 4.99 Å². The van der Waals surface area contributed by atoms with Crippen molar-refractivity contribution in [2.24, 2.45) is 4.99 Å². The number of aliphatic imine (C=N–C) groups is 1. The maximum atomic E-state index is 12.0. The van der Waals surface area contributed by atoms with Crippen LogP contribution in [0.25, 0.3) is 5.76 Å². The number of ether oxygens (including phenoxy) is 2. The Morgan fingerprint density at radius 3 is 2.70 bits per heavy atom. The summed E-state index contributed by atoms with van der Waals surface area (Å²) in [5.74, 6) is 0.397. The monoisotopic (exact) mass is 403 g/mol. The number of carbonyl (C=O) groups excluding carboxylic acids is 1. The molecule has 1 aliphatic heterocycles. The van der Waals surface area contributed by atoms with E-state index in [-0.39, 0.29) is 0 Å². The van der Waals surface area contributed by atoms with E-state index < -0.39 is 6.16 Å². The van der Waals surface area contributed by atoms with Crippen molar-refractivity contribution in [3.8, 4) is 0 Å². The van der Waals surface area contributed by atoms with Gasteiger partial charge in [0.05, 0.1) is 18.9 Å². The third-order valence-electron chi connectivity index (χ3n) is 4.07. The van der Waals surface area contributed by atoms with Crippen LogP contribution in [0.15, 0.2) is 53.5 Å². The Morgan fingerprint density at radius 2 is 1.93 bits per heavy atom. The highest BCUT2D eigenvalue weighted by atomic mass is 35.5. The Hall–Kier alpha value is -2.30. The molecule has 2 aromatic rings. The number of hydrogen-bond donors (Lipinski definition) is 0.